The van der Waals surface area contributed by atoms with E-state index in [1.807, 2.05) is 0 Å². The van der Waals surface area contributed by atoms with Gasteiger partial charge in [-0.15, -0.1) is 0 Å². The summed E-state index contributed by atoms with van der Waals surface area (Å²) in [6, 6.07) is 5.02. The molecule has 2 rings (SSSR count). The van der Waals surface area contributed by atoms with E-state index in [0.29, 0.717) is 30.1 Å². The Labute approximate surface area is 122 Å². The molecule has 0 radical (unpaired) electrons. The van der Waals surface area contributed by atoms with Gasteiger partial charge in [0.1, 0.15) is 12.4 Å². The Morgan fingerprint density at radius 1 is 1.48 bits per heavy atom. The molecule has 0 bridgehead atoms. The van der Waals surface area contributed by atoms with Crippen molar-refractivity contribution < 1.29 is 24.2 Å². The van der Waals surface area contributed by atoms with Crippen LogP contribution >= 0.6 is 0 Å². The maximum atomic E-state index is 11.8. The van der Waals surface area contributed by atoms with Crippen LogP contribution in [0.3, 0.4) is 0 Å². The van der Waals surface area contributed by atoms with Crippen LogP contribution in [0.4, 0.5) is 16.2 Å². The van der Waals surface area contributed by atoms with Gasteiger partial charge in [0.2, 0.25) is 5.91 Å². The Morgan fingerprint density at radius 2 is 2.29 bits per heavy atom. The largest absolute Gasteiger partial charge is 0.494 e. The monoisotopic (exact) mass is 294 g/mol. The molecule has 0 unspecified atom stereocenters. The molecule has 1 aromatic carbocycles. The molecule has 1 aliphatic rings. The molecule has 0 aromatic heterocycles. The van der Waals surface area contributed by atoms with Crippen molar-refractivity contribution in [2.45, 2.75) is 12.8 Å². The standard InChI is InChI=1S/C14H18N2O5/c1-20-12-9-10(15-14(19)21-8-7-17)4-5-11(12)16-6-2-3-13(16)18/h4-5,9,17H,2-3,6-8H2,1H3,(H,15,19). The van der Waals surface area contributed by atoms with E-state index in [9.17, 15) is 9.59 Å². The quantitative estimate of drug-likeness (QED) is 0.856. The van der Waals surface area contributed by atoms with Crippen LogP contribution in [0.1, 0.15) is 12.8 Å². The molecular formula is C14H18N2O5. The Bertz CT molecular complexity index is 532. The number of carbonyl (C=O) groups excluding carboxylic acids is 2. The summed E-state index contributed by atoms with van der Waals surface area (Å²) in [5.74, 6) is 0.571. The van der Waals surface area contributed by atoms with E-state index >= 15 is 0 Å². The lowest BCUT2D eigenvalue weighted by Crippen LogP contribution is -2.24. The first-order chi connectivity index (χ1) is 10.2. The summed E-state index contributed by atoms with van der Waals surface area (Å²) in [5, 5.41) is 11.1. The number of anilines is 2. The van der Waals surface area contributed by atoms with E-state index in [0.717, 1.165) is 6.42 Å². The predicted molar refractivity (Wildman–Crippen MR) is 76.6 cm³/mol. The van der Waals surface area contributed by atoms with Gasteiger partial charge in [-0.25, -0.2) is 4.79 Å². The first-order valence-corrected chi connectivity index (χ1v) is 6.68. The smallest absolute Gasteiger partial charge is 0.411 e. The van der Waals surface area contributed by atoms with Crippen LogP contribution in [0.25, 0.3) is 0 Å². The topological polar surface area (TPSA) is 88.1 Å². The van der Waals surface area contributed by atoms with E-state index in [4.69, 9.17) is 14.6 Å². The zero-order valence-electron chi connectivity index (χ0n) is 11.8. The Kier molecular flexibility index (Phi) is 4.99. The highest BCUT2D eigenvalue weighted by atomic mass is 16.6. The lowest BCUT2D eigenvalue weighted by atomic mass is 10.2. The molecule has 0 aliphatic carbocycles. The van der Waals surface area contributed by atoms with Gasteiger partial charge in [-0.1, -0.05) is 0 Å². The fourth-order valence-electron chi connectivity index (χ4n) is 2.17. The van der Waals surface area contributed by atoms with Gasteiger partial charge in [0, 0.05) is 24.7 Å². The zero-order chi connectivity index (χ0) is 15.2. The molecule has 1 saturated heterocycles. The molecule has 1 aliphatic heterocycles. The number of hydrogen-bond acceptors (Lipinski definition) is 5. The van der Waals surface area contributed by atoms with Crippen LogP contribution in [0.2, 0.25) is 0 Å². The van der Waals surface area contributed by atoms with Gasteiger partial charge in [-0.2, -0.15) is 0 Å². The van der Waals surface area contributed by atoms with Crippen LogP contribution in [-0.4, -0.2) is 44.0 Å². The lowest BCUT2D eigenvalue weighted by molar-refractivity contribution is -0.117. The number of benzene rings is 1. The van der Waals surface area contributed by atoms with Gasteiger partial charge in [0.25, 0.3) is 0 Å². The average Bonchev–Trinajstić information content (AvgIpc) is 2.91. The van der Waals surface area contributed by atoms with Gasteiger partial charge in [-0.3, -0.25) is 10.1 Å². The van der Waals surface area contributed by atoms with Crippen LogP contribution < -0.4 is 15.0 Å². The highest BCUT2D eigenvalue weighted by Crippen LogP contribution is 2.33. The zero-order valence-corrected chi connectivity index (χ0v) is 11.8. The highest BCUT2D eigenvalue weighted by molar-refractivity contribution is 5.97. The third kappa shape index (κ3) is 3.63. The number of aliphatic hydroxyl groups excluding tert-OH is 1. The van der Waals surface area contributed by atoms with Crippen molar-refractivity contribution >= 4 is 23.4 Å². The fourth-order valence-corrected chi connectivity index (χ4v) is 2.17. The number of methoxy groups -OCH3 is 1. The molecule has 2 amide bonds. The first kappa shape index (κ1) is 15.1. The summed E-state index contributed by atoms with van der Waals surface area (Å²) in [7, 11) is 1.51. The molecule has 0 atom stereocenters. The minimum Gasteiger partial charge on any atom is -0.494 e. The fraction of sp³-hybridized carbons (Fsp3) is 0.429. The van der Waals surface area contributed by atoms with Gasteiger partial charge in [-0.05, 0) is 18.6 Å². The molecule has 1 heterocycles. The SMILES string of the molecule is COc1cc(NC(=O)OCCO)ccc1N1CCCC1=O. The number of hydrogen-bond donors (Lipinski definition) is 2. The molecule has 21 heavy (non-hydrogen) atoms. The molecule has 7 heteroatoms. The second kappa shape index (κ2) is 6.94. The van der Waals surface area contributed by atoms with Crippen molar-refractivity contribution in [2.24, 2.45) is 0 Å². The maximum Gasteiger partial charge on any atom is 0.411 e. The second-order valence-corrected chi connectivity index (χ2v) is 4.52. The predicted octanol–water partition coefficient (Wildman–Crippen LogP) is 1.36. The van der Waals surface area contributed by atoms with Gasteiger partial charge in [0.15, 0.2) is 0 Å². The van der Waals surface area contributed by atoms with Crippen molar-refractivity contribution in [3.05, 3.63) is 18.2 Å². The van der Waals surface area contributed by atoms with Crippen molar-refractivity contribution in [1.82, 2.24) is 0 Å². The second-order valence-electron chi connectivity index (χ2n) is 4.52. The van der Waals surface area contributed by atoms with Crippen molar-refractivity contribution in [3.8, 4) is 5.75 Å². The normalized spacial score (nSPS) is 14.2. The molecular weight excluding hydrogens is 276 g/mol. The molecule has 114 valence electrons. The summed E-state index contributed by atoms with van der Waals surface area (Å²) in [6.07, 6.45) is 0.711. The number of carbonyl (C=O) groups is 2. The summed E-state index contributed by atoms with van der Waals surface area (Å²) >= 11 is 0. The first-order valence-electron chi connectivity index (χ1n) is 6.68. The molecule has 0 saturated carbocycles. The number of aliphatic hydroxyl groups is 1. The molecule has 2 N–H and O–H groups in total. The van der Waals surface area contributed by atoms with Gasteiger partial charge < -0.3 is 19.5 Å². The average molecular weight is 294 g/mol. The summed E-state index contributed by atoms with van der Waals surface area (Å²) in [4.78, 5) is 24.9. The Morgan fingerprint density at radius 3 is 2.90 bits per heavy atom. The van der Waals surface area contributed by atoms with Crippen molar-refractivity contribution in [3.63, 3.8) is 0 Å². The van der Waals surface area contributed by atoms with Crippen molar-refractivity contribution in [1.29, 1.82) is 0 Å². The van der Waals surface area contributed by atoms with Crippen LogP contribution in [0, 0.1) is 0 Å². The number of nitrogens with one attached hydrogen (secondary N) is 1. The minimum atomic E-state index is -0.656. The van der Waals surface area contributed by atoms with E-state index < -0.39 is 6.09 Å². The maximum absolute atomic E-state index is 11.8. The third-order valence-electron chi connectivity index (χ3n) is 3.11. The lowest BCUT2D eigenvalue weighted by Gasteiger charge is -2.19. The number of ether oxygens (including phenoxy) is 2. The Hall–Kier alpha value is -2.28. The van der Waals surface area contributed by atoms with Gasteiger partial charge >= 0.3 is 6.09 Å². The molecule has 7 nitrogen and oxygen atoms in total. The molecule has 1 aromatic rings. The highest BCUT2D eigenvalue weighted by Gasteiger charge is 2.24. The summed E-state index contributed by atoms with van der Waals surface area (Å²) < 4.78 is 9.99. The minimum absolute atomic E-state index is 0.0661. The van der Waals surface area contributed by atoms with E-state index in [2.05, 4.69) is 5.32 Å². The molecule has 0 spiro atoms. The van der Waals surface area contributed by atoms with Crippen LogP contribution in [-0.2, 0) is 9.53 Å². The number of nitrogens with zero attached hydrogens (tertiary/aromatic N) is 1. The van der Waals surface area contributed by atoms with Crippen molar-refractivity contribution in [2.75, 3.05) is 37.1 Å². The van der Waals surface area contributed by atoms with Crippen LogP contribution in [0.5, 0.6) is 5.75 Å². The van der Waals surface area contributed by atoms with E-state index in [1.54, 1.807) is 23.1 Å². The Balaban J connectivity index is 2.12. The number of amides is 2. The third-order valence-corrected chi connectivity index (χ3v) is 3.11. The molecule has 1 fully saturated rings. The van der Waals surface area contributed by atoms with E-state index in [-0.39, 0.29) is 19.1 Å². The number of rotatable bonds is 5. The summed E-state index contributed by atoms with van der Waals surface area (Å²) in [5.41, 5.74) is 1.18. The summed E-state index contributed by atoms with van der Waals surface area (Å²) in [6.45, 7) is 0.372. The van der Waals surface area contributed by atoms with E-state index in [1.165, 1.54) is 7.11 Å². The van der Waals surface area contributed by atoms with Crippen LogP contribution in [0.15, 0.2) is 18.2 Å². The van der Waals surface area contributed by atoms with Gasteiger partial charge in [0.05, 0.1) is 19.4 Å².